The van der Waals surface area contributed by atoms with Crippen LogP contribution in [-0.2, 0) is 9.59 Å². The van der Waals surface area contributed by atoms with E-state index in [0.717, 1.165) is 22.7 Å². The standard InChI is InChI=1S/C26H21N3O3S2/c1-18(30)24-27-29(21-11-7-4-8-12-21)26(34-24)28(20-9-5-3-6-10-20)25(31)23(33-26)17-19-13-15-22(32-2)16-14-19/h3-17H,1-2H3. The van der Waals surface area contributed by atoms with Crippen LogP contribution in [0.15, 0.2) is 94.9 Å². The highest BCUT2D eigenvalue weighted by Gasteiger charge is 2.59. The lowest BCUT2D eigenvalue weighted by atomic mass is 10.2. The Labute approximate surface area is 206 Å². The normalized spacial score (nSPS) is 20.8. The molecule has 1 amide bonds. The van der Waals surface area contributed by atoms with E-state index in [1.807, 2.05) is 91.0 Å². The molecular formula is C26H21N3O3S2. The number of ether oxygens (including phenoxy) is 1. The fourth-order valence-electron chi connectivity index (χ4n) is 3.75. The van der Waals surface area contributed by atoms with Gasteiger partial charge in [-0.3, -0.25) is 14.5 Å². The monoisotopic (exact) mass is 487 g/mol. The van der Waals surface area contributed by atoms with Gasteiger partial charge in [-0.05, 0) is 59.8 Å². The first-order valence-electron chi connectivity index (χ1n) is 10.6. The lowest BCUT2D eigenvalue weighted by Gasteiger charge is -2.38. The molecule has 1 saturated heterocycles. The molecule has 0 saturated carbocycles. The zero-order valence-corrected chi connectivity index (χ0v) is 20.2. The second kappa shape index (κ2) is 9.04. The highest BCUT2D eigenvalue weighted by molar-refractivity contribution is 8.29. The van der Waals surface area contributed by atoms with Crippen LogP contribution in [0.3, 0.4) is 0 Å². The van der Waals surface area contributed by atoms with Crippen LogP contribution in [-0.4, -0.2) is 28.2 Å². The Balaban J connectivity index is 1.65. The van der Waals surface area contributed by atoms with Crippen molar-refractivity contribution in [2.45, 2.75) is 11.3 Å². The van der Waals surface area contributed by atoms with E-state index in [2.05, 4.69) is 5.10 Å². The Morgan fingerprint density at radius 1 is 0.912 bits per heavy atom. The number of ketones is 1. The predicted octanol–water partition coefficient (Wildman–Crippen LogP) is 5.58. The Morgan fingerprint density at radius 2 is 1.53 bits per heavy atom. The van der Waals surface area contributed by atoms with E-state index in [0.29, 0.717) is 9.95 Å². The third-order valence-electron chi connectivity index (χ3n) is 5.36. The summed E-state index contributed by atoms with van der Waals surface area (Å²) < 4.78 is 4.24. The number of carbonyl (C=O) groups is 2. The van der Waals surface area contributed by atoms with Crippen LogP contribution in [0, 0.1) is 0 Å². The zero-order valence-electron chi connectivity index (χ0n) is 18.5. The number of methoxy groups -OCH3 is 1. The van der Waals surface area contributed by atoms with Crippen molar-refractivity contribution in [1.29, 1.82) is 0 Å². The lowest BCUT2D eigenvalue weighted by molar-refractivity contribution is -0.114. The molecule has 1 fully saturated rings. The second-order valence-corrected chi connectivity index (χ2v) is 10.3. The fraction of sp³-hybridized carbons (Fsp3) is 0.115. The number of amides is 1. The van der Waals surface area contributed by atoms with Gasteiger partial charge in [-0.25, -0.2) is 5.01 Å². The molecule has 8 heteroatoms. The van der Waals surface area contributed by atoms with E-state index in [-0.39, 0.29) is 11.7 Å². The smallest absolute Gasteiger partial charge is 0.268 e. The minimum atomic E-state index is -1.01. The Hall–Kier alpha value is -3.49. The van der Waals surface area contributed by atoms with E-state index in [1.54, 1.807) is 17.0 Å². The van der Waals surface area contributed by atoms with Crippen LogP contribution in [0.5, 0.6) is 5.75 Å². The summed E-state index contributed by atoms with van der Waals surface area (Å²) in [6.07, 6.45) is 1.87. The number of anilines is 2. The highest BCUT2D eigenvalue weighted by Crippen LogP contribution is 2.59. The lowest BCUT2D eigenvalue weighted by Crippen LogP contribution is -2.51. The summed E-state index contributed by atoms with van der Waals surface area (Å²) >= 11 is 2.68. The number of hydrazone groups is 1. The Kier molecular flexibility index (Phi) is 5.93. The Bertz CT molecular complexity index is 1290. The maximum atomic E-state index is 13.9. The Morgan fingerprint density at radius 3 is 2.12 bits per heavy atom. The molecule has 0 N–H and O–H groups in total. The second-order valence-electron chi connectivity index (χ2n) is 7.62. The predicted molar refractivity (Wildman–Crippen MR) is 140 cm³/mol. The largest absolute Gasteiger partial charge is 0.497 e. The van der Waals surface area contributed by atoms with Crippen molar-refractivity contribution in [3.05, 3.63) is 95.4 Å². The molecule has 6 nitrogen and oxygen atoms in total. The van der Waals surface area contributed by atoms with Gasteiger partial charge in [0.1, 0.15) is 5.75 Å². The van der Waals surface area contributed by atoms with Crippen LogP contribution in [0.4, 0.5) is 11.4 Å². The fourth-order valence-corrected chi connectivity index (χ4v) is 6.63. The minimum absolute atomic E-state index is 0.142. The van der Waals surface area contributed by atoms with E-state index in [9.17, 15) is 9.59 Å². The summed E-state index contributed by atoms with van der Waals surface area (Å²) in [4.78, 5) is 28.6. The first kappa shape index (κ1) is 22.3. The average Bonchev–Trinajstić information content (AvgIpc) is 3.38. The molecule has 34 heavy (non-hydrogen) atoms. The summed E-state index contributed by atoms with van der Waals surface area (Å²) in [6, 6.07) is 26.6. The van der Waals surface area contributed by atoms with Crippen LogP contribution in [0.25, 0.3) is 6.08 Å². The van der Waals surface area contributed by atoms with Crippen molar-refractivity contribution >= 4 is 57.7 Å². The maximum Gasteiger partial charge on any atom is 0.268 e. The van der Waals surface area contributed by atoms with Crippen molar-refractivity contribution in [3.8, 4) is 5.75 Å². The molecule has 170 valence electrons. The number of nitrogens with zero attached hydrogens (tertiary/aromatic N) is 3. The molecule has 0 radical (unpaired) electrons. The molecule has 0 aromatic heterocycles. The number of Topliss-reactive ketones (excluding diaryl/α,β-unsaturated/α-hetero) is 1. The number of hydrogen-bond acceptors (Lipinski definition) is 7. The average molecular weight is 488 g/mol. The molecule has 3 aromatic rings. The quantitative estimate of drug-likeness (QED) is 0.438. The molecule has 2 aliphatic rings. The number of hydrogen-bond donors (Lipinski definition) is 0. The van der Waals surface area contributed by atoms with Crippen molar-refractivity contribution in [1.82, 2.24) is 0 Å². The van der Waals surface area contributed by atoms with Crippen molar-refractivity contribution in [2.24, 2.45) is 5.10 Å². The van der Waals surface area contributed by atoms with E-state index >= 15 is 0 Å². The molecular weight excluding hydrogens is 466 g/mol. The van der Waals surface area contributed by atoms with Crippen molar-refractivity contribution in [2.75, 3.05) is 17.0 Å². The van der Waals surface area contributed by atoms with Gasteiger partial charge in [-0.2, -0.15) is 5.10 Å². The van der Waals surface area contributed by atoms with E-state index in [1.165, 1.54) is 30.4 Å². The van der Waals surface area contributed by atoms with Gasteiger partial charge in [0.25, 0.3) is 5.91 Å². The first-order valence-corrected chi connectivity index (χ1v) is 12.2. The molecule has 1 atom stereocenters. The SMILES string of the molecule is COc1ccc(C=C2SC3(SC(C(C)=O)=NN3c3ccccc3)N(c3ccccc3)C2=O)cc1. The van der Waals surface area contributed by atoms with Crippen LogP contribution in [0.1, 0.15) is 12.5 Å². The summed E-state index contributed by atoms with van der Waals surface area (Å²) in [5, 5.41) is 6.81. The summed E-state index contributed by atoms with van der Waals surface area (Å²) in [5.74, 6) is 0.452. The molecule has 2 heterocycles. The van der Waals surface area contributed by atoms with Gasteiger partial charge >= 0.3 is 0 Å². The van der Waals surface area contributed by atoms with Gasteiger partial charge < -0.3 is 4.74 Å². The highest BCUT2D eigenvalue weighted by atomic mass is 32.2. The molecule has 0 aliphatic carbocycles. The number of thioether (sulfide) groups is 2. The summed E-state index contributed by atoms with van der Waals surface area (Å²) in [5.41, 5.74) is 2.40. The number of para-hydroxylation sites is 2. The topological polar surface area (TPSA) is 62.2 Å². The third-order valence-corrected chi connectivity index (χ3v) is 8.18. The van der Waals surface area contributed by atoms with E-state index < -0.39 is 4.33 Å². The van der Waals surface area contributed by atoms with E-state index in [4.69, 9.17) is 4.74 Å². The molecule has 1 spiro atoms. The first-order chi connectivity index (χ1) is 16.5. The maximum absolute atomic E-state index is 13.9. The molecule has 5 rings (SSSR count). The summed E-state index contributed by atoms with van der Waals surface area (Å²) in [7, 11) is 1.62. The summed E-state index contributed by atoms with van der Waals surface area (Å²) in [6.45, 7) is 1.50. The molecule has 1 unspecified atom stereocenters. The van der Waals surface area contributed by atoms with Gasteiger partial charge in [-0.1, -0.05) is 60.3 Å². The molecule has 2 aliphatic heterocycles. The third kappa shape index (κ3) is 3.89. The van der Waals surface area contributed by atoms with Crippen LogP contribution in [0.2, 0.25) is 0 Å². The van der Waals surface area contributed by atoms with Crippen LogP contribution < -0.4 is 14.6 Å². The minimum Gasteiger partial charge on any atom is -0.497 e. The number of benzene rings is 3. The van der Waals surface area contributed by atoms with Crippen molar-refractivity contribution < 1.29 is 14.3 Å². The molecule has 3 aromatic carbocycles. The van der Waals surface area contributed by atoms with Gasteiger partial charge in [0.15, 0.2) is 10.8 Å². The van der Waals surface area contributed by atoms with Gasteiger partial charge in [0, 0.05) is 12.6 Å². The molecule has 0 bridgehead atoms. The number of carbonyl (C=O) groups excluding carboxylic acids is 2. The van der Waals surface area contributed by atoms with Gasteiger partial charge in [0.2, 0.25) is 4.33 Å². The number of rotatable bonds is 5. The van der Waals surface area contributed by atoms with Crippen molar-refractivity contribution in [3.63, 3.8) is 0 Å². The zero-order chi connectivity index (χ0) is 23.7. The van der Waals surface area contributed by atoms with Crippen LogP contribution >= 0.6 is 23.5 Å². The van der Waals surface area contributed by atoms with Gasteiger partial charge in [-0.15, -0.1) is 0 Å². The van der Waals surface area contributed by atoms with Gasteiger partial charge in [0.05, 0.1) is 17.7 Å².